The van der Waals surface area contributed by atoms with Gasteiger partial charge in [-0.3, -0.25) is 28.8 Å². The van der Waals surface area contributed by atoms with Crippen molar-refractivity contribution in [3.05, 3.63) is 52.7 Å². The fraction of sp³-hybridized carbons (Fsp3) is 0.391. The van der Waals surface area contributed by atoms with Gasteiger partial charge in [0.05, 0.1) is 0 Å². The minimum Gasteiger partial charge on any atom is -0.353 e. The zero-order valence-corrected chi connectivity index (χ0v) is 20.9. The van der Waals surface area contributed by atoms with Gasteiger partial charge in [-0.25, -0.2) is 0 Å². The summed E-state index contributed by atoms with van der Waals surface area (Å²) in [6.07, 6.45) is 0.735. The summed E-state index contributed by atoms with van der Waals surface area (Å²) in [6, 6.07) is 1.43. The monoisotopic (exact) mass is 515 g/mol. The van der Waals surface area contributed by atoms with E-state index in [9.17, 15) is 28.8 Å². The number of rotatable bonds is 12. The third-order valence-electron chi connectivity index (χ3n) is 5.08. The van der Waals surface area contributed by atoms with Gasteiger partial charge in [-0.05, 0) is 24.5 Å². The van der Waals surface area contributed by atoms with Crippen LogP contribution in [0.1, 0.15) is 43.2 Å². The quantitative estimate of drug-likeness (QED) is 0.273. The van der Waals surface area contributed by atoms with Crippen molar-refractivity contribution in [1.82, 2.24) is 30.7 Å². The second kappa shape index (κ2) is 12.9. The van der Waals surface area contributed by atoms with Crippen molar-refractivity contribution in [3.63, 3.8) is 0 Å². The summed E-state index contributed by atoms with van der Waals surface area (Å²) in [4.78, 5) is 77.8. The van der Waals surface area contributed by atoms with E-state index in [1.54, 1.807) is 0 Å². The fourth-order valence-corrected chi connectivity index (χ4v) is 2.91. The number of ketones is 1. The van der Waals surface area contributed by atoms with Crippen LogP contribution in [0, 0.1) is 12.8 Å². The number of Topliss-reactive ketones (excluding diaryl/α,β-unsaturated/α-hetero) is 1. The van der Waals surface area contributed by atoms with E-state index in [2.05, 4.69) is 38.0 Å². The lowest BCUT2D eigenvalue weighted by molar-refractivity contribution is -0.137. The number of amides is 4. The maximum Gasteiger partial charge on any atom is 0.293 e. The molecule has 37 heavy (non-hydrogen) atoms. The Morgan fingerprint density at radius 1 is 1.19 bits per heavy atom. The van der Waals surface area contributed by atoms with Gasteiger partial charge in [0.15, 0.2) is 0 Å². The third kappa shape index (κ3) is 8.23. The van der Waals surface area contributed by atoms with E-state index in [1.807, 2.05) is 13.8 Å². The molecule has 0 aromatic carbocycles. The molecule has 0 radical (unpaired) electrons. The van der Waals surface area contributed by atoms with Crippen LogP contribution in [0.25, 0.3) is 0 Å². The number of carbonyl (C=O) groups excluding carboxylic acids is 5. The number of hydrogen-bond acceptors (Lipinski definition) is 9. The molecular formula is C23H29N7O7. The van der Waals surface area contributed by atoms with Crippen LogP contribution in [0.4, 0.5) is 5.69 Å². The number of aromatic nitrogens is 3. The summed E-state index contributed by atoms with van der Waals surface area (Å²) in [7, 11) is 1.28. The Morgan fingerprint density at radius 3 is 2.49 bits per heavy atom. The summed E-state index contributed by atoms with van der Waals surface area (Å²) < 4.78 is 5.84. The van der Waals surface area contributed by atoms with Gasteiger partial charge in [0.25, 0.3) is 23.2 Å². The normalized spacial score (nSPS) is 11.4. The molecule has 0 fully saturated rings. The molecule has 0 spiro atoms. The van der Waals surface area contributed by atoms with Crippen LogP contribution in [0.2, 0.25) is 0 Å². The highest BCUT2D eigenvalue weighted by atomic mass is 16.5. The van der Waals surface area contributed by atoms with Crippen LogP contribution in [-0.2, 0) is 25.7 Å². The summed E-state index contributed by atoms with van der Waals surface area (Å²) in [6.45, 7) is 8.59. The van der Waals surface area contributed by atoms with Gasteiger partial charge in [-0.2, -0.15) is 4.98 Å². The van der Waals surface area contributed by atoms with Crippen LogP contribution in [0.15, 0.2) is 39.9 Å². The molecule has 0 saturated heterocycles. The highest BCUT2D eigenvalue weighted by Crippen LogP contribution is 2.07. The Labute approximate surface area is 211 Å². The van der Waals surface area contributed by atoms with Crippen LogP contribution in [0.3, 0.4) is 0 Å². The molecule has 198 valence electrons. The number of pyridine rings is 1. The van der Waals surface area contributed by atoms with Crippen LogP contribution >= 0.6 is 0 Å². The van der Waals surface area contributed by atoms with E-state index in [4.69, 9.17) is 4.52 Å². The minimum absolute atomic E-state index is 0.00471. The van der Waals surface area contributed by atoms with E-state index in [0.29, 0.717) is 5.70 Å². The Hall–Kier alpha value is -4.62. The van der Waals surface area contributed by atoms with E-state index in [-0.39, 0.29) is 42.7 Å². The van der Waals surface area contributed by atoms with Crippen LogP contribution < -0.4 is 26.8 Å². The zero-order valence-electron chi connectivity index (χ0n) is 20.9. The predicted octanol–water partition coefficient (Wildman–Crippen LogP) is -0.342. The molecular weight excluding hydrogens is 486 g/mol. The average Bonchev–Trinajstić information content (AvgIpc) is 3.29. The van der Waals surface area contributed by atoms with E-state index in [1.165, 1.54) is 32.3 Å². The van der Waals surface area contributed by atoms with Crippen LogP contribution in [0.5, 0.6) is 0 Å². The molecule has 1 unspecified atom stereocenters. The molecule has 14 heteroatoms. The van der Waals surface area contributed by atoms with Gasteiger partial charge in [-0.15, -0.1) is 0 Å². The first-order chi connectivity index (χ1) is 17.4. The van der Waals surface area contributed by atoms with Crippen molar-refractivity contribution in [2.75, 3.05) is 12.4 Å². The predicted molar refractivity (Wildman–Crippen MR) is 130 cm³/mol. The van der Waals surface area contributed by atoms with Gasteiger partial charge in [0.2, 0.25) is 23.5 Å². The largest absolute Gasteiger partial charge is 0.353 e. The second-order valence-electron chi connectivity index (χ2n) is 8.28. The van der Waals surface area contributed by atoms with Gasteiger partial charge >= 0.3 is 0 Å². The molecule has 4 N–H and O–H groups in total. The minimum atomic E-state index is -1.34. The smallest absolute Gasteiger partial charge is 0.293 e. The Morgan fingerprint density at radius 2 is 1.89 bits per heavy atom. The number of anilines is 1. The first-order valence-corrected chi connectivity index (χ1v) is 11.3. The zero-order chi connectivity index (χ0) is 27.7. The summed E-state index contributed by atoms with van der Waals surface area (Å²) in [5.74, 6) is -4.06. The van der Waals surface area contributed by atoms with Crippen molar-refractivity contribution in [3.8, 4) is 0 Å². The number of carbonyl (C=O) groups is 5. The highest BCUT2D eigenvalue weighted by Gasteiger charge is 2.26. The van der Waals surface area contributed by atoms with Gasteiger partial charge in [-0.1, -0.05) is 25.6 Å². The van der Waals surface area contributed by atoms with E-state index >= 15 is 0 Å². The standard InChI is InChI=1S/C23H29N7O7/c1-12(2)13(3)25-18(32)11-30-10-6-7-16(23(30)36)28-20(33)15(8-9-17(31)21(34)24-5)27-22(35)19-26-14(4)37-29-19/h6-7,10,12,15H,3,8-9,11H2,1-2,4-5H3,(H,24,34)(H,25,32)(H,27,35)(H,28,33). The molecule has 4 amide bonds. The molecule has 14 nitrogen and oxygen atoms in total. The molecule has 2 aromatic rings. The first-order valence-electron chi connectivity index (χ1n) is 11.3. The lowest BCUT2D eigenvalue weighted by atomic mass is 10.1. The van der Waals surface area contributed by atoms with Gasteiger partial charge in [0, 0.05) is 32.3 Å². The summed E-state index contributed by atoms with van der Waals surface area (Å²) in [5.41, 5.74) is -0.360. The Kier molecular flexibility index (Phi) is 9.98. The second-order valence-corrected chi connectivity index (χ2v) is 8.28. The van der Waals surface area contributed by atoms with Gasteiger partial charge < -0.3 is 30.4 Å². The SMILES string of the molecule is C=C(NC(=O)Cn1cccc(NC(=O)C(CCC(=O)C(=O)NC)NC(=O)c2noc(C)n2)c1=O)C(C)C. The Balaban J connectivity index is 2.19. The summed E-state index contributed by atoms with van der Waals surface area (Å²) in [5, 5.41) is 13.0. The molecule has 0 aliphatic rings. The number of aryl methyl sites for hydroxylation is 1. The average molecular weight is 516 g/mol. The number of nitrogens with zero attached hydrogens (tertiary/aromatic N) is 3. The van der Waals surface area contributed by atoms with Crippen molar-refractivity contribution in [2.45, 2.75) is 46.2 Å². The van der Waals surface area contributed by atoms with E-state index < -0.39 is 41.0 Å². The number of allylic oxidation sites excluding steroid dienone is 1. The van der Waals surface area contributed by atoms with Crippen LogP contribution in [-0.4, -0.2) is 57.2 Å². The molecule has 0 bridgehead atoms. The number of hydrogen-bond donors (Lipinski definition) is 4. The van der Waals surface area contributed by atoms with E-state index in [0.717, 1.165) is 4.57 Å². The molecule has 1 atom stereocenters. The molecule has 2 heterocycles. The topological polar surface area (TPSA) is 194 Å². The lowest BCUT2D eigenvalue weighted by Gasteiger charge is -2.18. The molecule has 0 aliphatic heterocycles. The molecule has 2 aromatic heterocycles. The maximum atomic E-state index is 13.0. The lowest BCUT2D eigenvalue weighted by Crippen LogP contribution is -2.45. The molecule has 0 saturated carbocycles. The first kappa shape index (κ1) is 28.6. The highest BCUT2D eigenvalue weighted by molar-refractivity contribution is 6.36. The molecule has 0 aliphatic carbocycles. The van der Waals surface area contributed by atoms with Gasteiger partial charge in [0.1, 0.15) is 18.3 Å². The van der Waals surface area contributed by atoms with Crippen molar-refractivity contribution >= 4 is 35.1 Å². The van der Waals surface area contributed by atoms with Crippen molar-refractivity contribution in [1.29, 1.82) is 0 Å². The fourth-order valence-electron chi connectivity index (χ4n) is 2.91. The third-order valence-corrected chi connectivity index (χ3v) is 5.08. The molecule has 2 rings (SSSR count). The Bertz CT molecular complexity index is 1260. The van der Waals surface area contributed by atoms with Crippen molar-refractivity contribution < 1.29 is 28.5 Å². The van der Waals surface area contributed by atoms with Crippen molar-refractivity contribution in [2.24, 2.45) is 5.92 Å². The number of nitrogens with one attached hydrogen (secondary N) is 4. The summed E-state index contributed by atoms with van der Waals surface area (Å²) >= 11 is 0. The maximum absolute atomic E-state index is 13.0. The number of likely N-dealkylation sites (N-methyl/N-ethyl adjacent to an activating group) is 1.